The molecule has 1 aliphatic rings. The number of para-hydroxylation sites is 1. The minimum absolute atomic E-state index is 0.000460. The maximum absolute atomic E-state index is 11.8. The Morgan fingerprint density at radius 2 is 2.11 bits per heavy atom. The zero-order valence-electron chi connectivity index (χ0n) is 10.2. The van der Waals surface area contributed by atoms with Gasteiger partial charge in [-0.15, -0.1) is 0 Å². The number of nitrogens with zero attached hydrogens (tertiary/aromatic N) is 1. The van der Waals surface area contributed by atoms with Crippen molar-refractivity contribution in [2.45, 2.75) is 19.9 Å². The van der Waals surface area contributed by atoms with Crippen LogP contribution in [0.25, 0.3) is 0 Å². The minimum atomic E-state index is -0.398. The number of aliphatic imine (C=N–C) groups is 1. The number of nitrogens with one attached hydrogen (secondary N) is 1. The van der Waals surface area contributed by atoms with E-state index in [1.165, 1.54) is 6.92 Å². The lowest BCUT2D eigenvalue weighted by molar-refractivity contribution is -0.119. The van der Waals surface area contributed by atoms with Gasteiger partial charge in [0.05, 0.1) is 12.0 Å². The molecule has 2 N–H and O–H groups in total. The van der Waals surface area contributed by atoms with E-state index in [-0.39, 0.29) is 17.6 Å². The molecule has 0 bridgehead atoms. The van der Waals surface area contributed by atoms with Crippen LogP contribution >= 0.6 is 12.2 Å². The highest BCUT2D eigenvalue weighted by Crippen LogP contribution is 2.32. The van der Waals surface area contributed by atoms with Crippen LogP contribution in [0.4, 0.5) is 0 Å². The van der Waals surface area contributed by atoms with Crippen molar-refractivity contribution in [1.82, 2.24) is 5.32 Å². The fourth-order valence-electron chi connectivity index (χ4n) is 2.26. The third-order valence-electron chi connectivity index (χ3n) is 3.05. The molecule has 0 aliphatic carbocycles. The fourth-order valence-corrected chi connectivity index (χ4v) is 2.53. The predicted molar refractivity (Wildman–Crippen MR) is 73.9 cm³/mol. The van der Waals surface area contributed by atoms with Crippen molar-refractivity contribution in [3.63, 3.8) is 0 Å². The number of phenolic OH excluding ortho intramolecular Hbond substituents is 1. The zero-order chi connectivity index (χ0) is 13.3. The van der Waals surface area contributed by atoms with Gasteiger partial charge < -0.3 is 10.4 Å². The molecule has 1 aromatic rings. The van der Waals surface area contributed by atoms with E-state index in [9.17, 15) is 9.90 Å². The van der Waals surface area contributed by atoms with Crippen LogP contribution in [0.2, 0.25) is 0 Å². The first-order chi connectivity index (χ1) is 8.50. The summed E-state index contributed by atoms with van der Waals surface area (Å²) >= 11 is 5.05. The number of thiocarbonyl (C=S) groups is 1. The standard InChI is InChI=1S/C13H14N2O2S/c1-7-11(8(2)16)12(15-13(18)14-7)9-5-3-4-6-10(9)17/h3-6,11-12,17H,1-2H3,(H,15,18). The third-order valence-corrected chi connectivity index (χ3v) is 3.26. The average Bonchev–Trinajstić information content (AvgIpc) is 2.27. The summed E-state index contributed by atoms with van der Waals surface area (Å²) in [5.74, 6) is -0.247. The first-order valence-corrected chi connectivity index (χ1v) is 6.05. The Bertz CT molecular complexity index is 540. The van der Waals surface area contributed by atoms with E-state index in [4.69, 9.17) is 12.2 Å². The lowest BCUT2D eigenvalue weighted by atomic mass is 9.85. The van der Waals surface area contributed by atoms with E-state index in [1.54, 1.807) is 25.1 Å². The molecule has 1 aromatic carbocycles. The Labute approximate surface area is 111 Å². The molecular formula is C13H14N2O2S. The Hall–Kier alpha value is -1.75. The van der Waals surface area contributed by atoms with Crippen LogP contribution in [0, 0.1) is 5.92 Å². The lowest BCUT2D eigenvalue weighted by Crippen LogP contribution is -2.42. The summed E-state index contributed by atoms with van der Waals surface area (Å²) in [4.78, 5) is 15.9. The van der Waals surface area contributed by atoms with Crippen molar-refractivity contribution in [3.8, 4) is 5.75 Å². The molecule has 0 saturated carbocycles. The Morgan fingerprint density at radius 1 is 1.44 bits per heavy atom. The van der Waals surface area contributed by atoms with Crippen molar-refractivity contribution in [1.29, 1.82) is 0 Å². The van der Waals surface area contributed by atoms with E-state index in [0.29, 0.717) is 16.4 Å². The molecule has 2 unspecified atom stereocenters. The highest BCUT2D eigenvalue weighted by atomic mass is 32.1. The van der Waals surface area contributed by atoms with Crippen LogP contribution in [0.15, 0.2) is 29.3 Å². The van der Waals surface area contributed by atoms with Gasteiger partial charge in [-0.3, -0.25) is 4.79 Å². The first-order valence-electron chi connectivity index (χ1n) is 5.64. The van der Waals surface area contributed by atoms with Gasteiger partial charge in [0, 0.05) is 11.3 Å². The maximum atomic E-state index is 11.8. The van der Waals surface area contributed by atoms with Crippen LogP contribution < -0.4 is 5.32 Å². The largest absolute Gasteiger partial charge is 0.508 e. The number of ketones is 1. The Balaban J connectivity index is 2.48. The second-order valence-electron chi connectivity index (χ2n) is 4.33. The molecule has 4 nitrogen and oxygen atoms in total. The van der Waals surface area contributed by atoms with E-state index in [2.05, 4.69) is 10.3 Å². The maximum Gasteiger partial charge on any atom is 0.193 e. The molecule has 2 rings (SSSR count). The zero-order valence-corrected chi connectivity index (χ0v) is 11.0. The van der Waals surface area contributed by atoms with Crippen LogP contribution in [0.1, 0.15) is 25.5 Å². The summed E-state index contributed by atoms with van der Waals surface area (Å²) in [5.41, 5.74) is 1.34. The second kappa shape index (κ2) is 4.86. The van der Waals surface area contributed by atoms with E-state index in [0.717, 1.165) is 0 Å². The van der Waals surface area contributed by atoms with Gasteiger partial charge in [-0.05, 0) is 32.1 Å². The quantitative estimate of drug-likeness (QED) is 0.800. The highest BCUT2D eigenvalue weighted by Gasteiger charge is 2.34. The van der Waals surface area contributed by atoms with Gasteiger partial charge in [-0.2, -0.15) is 0 Å². The molecule has 0 amide bonds. The number of hydrogen-bond acceptors (Lipinski definition) is 3. The van der Waals surface area contributed by atoms with Gasteiger partial charge in [0.25, 0.3) is 0 Å². The summed E-state index contributed by atoms with van der Waals surface area (Å²) < 4.78 is 0. The van der Waals surface area contributed by atoms with Crippen molar-refractivity contribution in [2.75, 3.05) is 0 Å². The molecule has 18 heavy (non-hydrogen) atoms. The molecular weight excluding hydrogens is 248 g/mol. The minimum Gasteiger partial charge on any atom is -0.508 e. The summed E-state index contributed by atoms with van der Waals surface area (Å²) in [7, 11) is 0. The molecule has 0 spiro atoms. The van der Waals surface area contributed by atoms with Crippen molar-refractivity contribution in [3.05, 3.63) is 29.8 Å². The van der Waals surface area contributed by atoms with E-state index in [1.807, 2.05) is 6.07 Å². The number of rotatable bonds is 2. The number of carbonyl (C=O) groups is 1. The SMILES string of the molecule is CC(=O)C1C(C)=NC(=S)NC1c1ccccc1O. The van der Waals surface area contributed by atoms with Gasteiger partial charge in [0.15, 0.2) is 5.11 Å². The molecule has 0 radical (unpaired) electrons. The number of aromatic hydroxyl groups is 1. The topological polar surface area (TPSA) is 61.7 Å². The van der Waals surface area contributed by atoms with E-state index < -0.39 is 5.92 Å². The van der Waals surface area contributed by atoms with Gasteiger partial charge in [0.2, 0.25) is 0 Å². The number of phenols is 1. The van der Waals surface area contributed by atoms with Gasteiger partial charge in [-0.25, -0.2) is 4.99 Å². The summed E-state index contributed by atoms with van der Waals surface area (Å²) in [5, 5.41) is 13.2. The highest BCUT2D eigenvalue weighted by molar-refractivity contribution is 7.80. The number of benzene rings is 1. The van der Waals surface area contributed by atoms with Crippen molar-refractivity contribution < 1.29 is 9.90 Å². The summed E-state index contributed by atoms with van der Waals surface area (Å²) in [6.07, 6.45) is 0. The molecule has 0 aromatic heterocycles. The average molecular weight is 262 g/mol. The van der Waals surface area contributed by atoms with Gasteiger partial charge in [-0.1, -0.05) is 18.2 Å². The van der Waals surface area contributed by atoms with Crippen molar-refractivity contribution in [2.24, 2.45) is 10.9 Å². The number of hydrogen-bond donors (Lipinski definition) is 2. The molecule has 1 aliphatic heterocycles. The smallest absolute Gasteiger partial charge is 0.193 e. The number of carbonyl (C=O) groups excluding carboxylic acids is 1. The lowest BCUT2D eigenvalue weighted by Gasteiger charge is -2.31. The number of Topliss-reactive ketones (excluding diaryl/α,β-unsaturated/α-hetero) is 1. The second-order valence-corrected chi connectivity index (χ2v) is 4.71. The predicted octanol–water partition coefficient (Wildman–Crippen LogP) is 1.99. The van der Waals surface area contributed by atoms with Crippen LogP contribution in [0.3, 0.4) is 0 Å². The molecule has 2 atom stereocenters. The normalized spacial score (nSPS) is 23.2. The van der Waals surface area contributed by atoms with Crippen LogP contribution in [-0.2, 0) is 4.79 Å². The molecule has 0 saturated heterocycles. The van der Waals surface area contributed by atoms with Crippen LogP contribution in [0.5, 0.6) is 5.75 Å². The Kier molecular flexibility index (Phi) is 3.43. The molecule has 1 heterocycles. The molecule has 0 fully saturated rings. The summed E-state index contributed by atoms with van der Waals surface area (Å²) in [6.45, 7) is 3.30. The third kappa shape index (κ3) is 2.26. The van der Waals surface area contributed by atoms with Crippen molar-refractivity contribution >= 4 is 28.8 Å². The monoisotopic (exact) mass is 262 g/mol. The van der Waals surface area contributed by atoms with Gasteiger partial charge >= 0.3 is 0 Å². The Morgan fingerprint density at radius 3 is 2.72 bits per heavy atom. The first kappa shape index (κ1) is 12.7. The summed E-state index contributed by atoms with van der Waals surface area (Å²) in [6, 6.07) is 6.58. The molecule has 94 valence electrons. The van der Waals surface area contributed by atoms with Gasteiger partial charge in [0.1, 0.15) is 11.5 Å². The van der Waals surface area contributed by atoms with Crippen LogP contribution in [-0.4, -0.2) is 21.7 Å². The molecule has 5 heteroatoms. The fraction of sp³-hybridized carbons (Fsp3) is 0.308. The van der Waals surface area contributed by atoms with E-state index >= 15 is 0 Å².